The zero-order valence-corrected chi connectivity index (χ0v) is 11.5. The standard InChI is InChI=1S/C13H22BrNO/c14-10-13(7-2-1-3-8-13)15-12(16)9-11-5-4-6-11/h11H,1-10H2,(H,15,16). The van der Waals surface area contributed by atoms with E-state index in [-0.39, 0.29) is 11.4 Å². The molecule has 0 radical (unpaired) electrons. The molecule has 0 spiro atoms. The fraction of sp³-hybridized carbons (Fsp3) is 0.923. The fourth-order valence-corrected chi connectivity index (χ4v) is 3.53. The molecule has 2 rings (SSSR count). The molecule has 1 amide bonds. The van der Waals surface area contributed by atoms with Crippen molar-refractivity contribution in [2.45, 2.75) is 63.3 Å². The van der Waals surface area contributed by atoms with E-state index in [1.807, 2.05) is 0 Å². The van der Waals surface area contributed by atoms with Gasteiger partial charge < -0.3 is 5.32 Å². The molecule has 2 saturated carbocycles. The smallest absolute Gasteiger partial charge is 0.220 e. The van der Waals surface area contributed by atoms with Crippen molar-refractivity contribution in [1.29, 1.82) is 0 Å². The average molecular weight is 288 g/mol. The highest BCUT2D eigenvalue weighted by molar-refractivity contribution is 9.09. The summed E-state index contributed by atoms with van der Waals surface area (Å²) in [5, 5.41) is 4.21. The maximum absolute atomic E-state index is 11.9. The van der Waals surface area contributed by atoms with Gasteiger partial charge in [0.15, 0.2) is 0 Å². The molecule has 3 heteroatoms. The number of hydrogen-bond donors (Lipinski definition) is 1. The molecule has 0 aromatic heterocycles. The van der Waals surface area contributed by atoms with Crippen LogP contribution in [0.1, 0.15) is 57.8 Å². The summed E-state index contributed by atoms with van der Waals surface area (Å²) in [6.45, 7) is 0. The topological polar surface area (TPSA) is 29.1 Å². The van der Waals surface area contributed by atoms with Gasteiger partial charge in [0, 0.05) is 17.3 Å². The number of amides is 1. The molecule has 2 fully saturated rings. The molecule has 0 aliphatic heterocycles. The monoisotopic (exact) mass is 287 g/mol. The van der Waals surface area contributed by atoms with Crippen molar-refractivity contribution < 1.29 is 4.79 Å². The molecule has 0 aromatic rings. The summed E-state index contributed by atoms with van der Waals surface area (Å²) in [7, 11) is 0. The molecule has 2 nitrogen and oxygen atoms in total. The Kier molecular flexibility index (Phi) is 4.28. The zero-order valence-electron chi connectivity index (χ0n) is 9.93. The summed E-state index contributed by atoms with van der Waals surface area (Å²) in [6, 6.07) is 0. The van der Waals surface area contributed by atoms with Crippen LogP contribution in [-0.4, -0.2) is 16.8 Å². The van der Waals surface area contributed by atoms with Crippen LogP contribution in [0.4, 0.5) is 0 Å². The molecular weight excluding hydrogens is 266 g/mol. The van der Waals surface area contributed by atoms with Crippen LogP contribution in [0.5, 0.6) is 0 Å². The van der Waals surface area contributed by atoms with Crippen molar-refractivity contribution in [3.05, 3.63) is 0 Å². The maximum Gasteiger partial charge on any atom is 0.220 e. The minimum Gasteiger partial charge on any atom is -0.350 e. The summed E-state index contributed by atoms with van der Waals surface area (Å²) in [5.74, 6) is 0.960. The lowest BCUT2D eigenvalue weighted by atomic mass is 9.81. The third kappa shape index (κ3) is 2.99. The van der Waals surface area contributed by atoms with Gasteiger partial charge in [-0.3, -0.25) is 4.79 Å². The lowest BCUT2D eigenvalue weighted by Gasteiger charge is -2.37. The Bertz CT molecular complexity index is 244. The van der Waals surface area contributed by atoms with Crippen molar-refractivity contribution in [3.8, 4) is 0 Å². The normalized spacial score (nSPS) is 24.8. The summed E-state index contributed by atoms with van der Waals surface area (Å²) in [4.78, 5) is 11.9. The molecule has 16 heavy (non-hydrogen) atoms. The Morgan fingerprint density at radius 1 is 1.19 bits per heavy atom. The van der Waals surface area contributed by atoms with Crippen LogP contribution in [0, 0.1) is 5.92 Å². The minimum absolute atomic E-state index is 0.0685. The SMILES string of the molecule is O=C(CC1CCC1)NC1(CBr)CCCCC1. The van der Waals surface area contributed by atoms with Crippen LogP contribution in [0.25, 0.3) is 0 Å². The second kappa shape index (κ2) is 5.52. The highest BCUT2D eigenvalue weighted by Crippen LogP contribution is 2.32. The van der Waals surface area contributed by atoms with Crippen molar-refractivity contribution in [2.24, 2.45) is 5.92 Å². The minimum atomic E-state index is 0.0685. The summed E-state index contributed by atoms with van der Waals surface area (Å²) in [5.41, 5.74) is 0.0685. The van der Waals surface area contributed by atoms with Crippen LogP contribution in [-0.2, 0) is 4.79 Å². The Hall–Kier alpha value is -0.0500. The Morgan fingerprint density at radius 2 is 1.88 bits per heavy atom. The number of carbonyl (C=O) groups is 1. The van der Waals surface area contributed by atoms with E-state index < -0.39 is 0 Å². The fourth-order valence-electron chi connectivity index (χ4n) is 2.83. The average Bonchev–Trinajstić information content (AvgIpc) is 2.25. The highest BCUT2D eigenvalue weighted by atomic mass is 79.9. The van der Waals surface area contributed by atoms with Gasteiger partial charge in [-0.1, -0.05) is 41.6 Å². The van der Waals surface area contributed by atoms with E-state index >= 15 is 0 Å². The molecule has 92 valence electrons. The van der Waals surface area contributed by atoms with E-state index in [9.17, 15) is 4.79 Å². The van der Waals surface area contributed by atoms with Crippen molar-refractivity contribution >= 4 is 21.8 Å². The molecular formula is C13H22BrNO. The zero-order chi connectivity index (χ0) is 11.4. The first-order chi connectivity index (χ1) is 7.74. The Balaban J connectivity index is 1.82. The van der Waals surface area contributed by atoms with Gasteiger partial charge in [0.05, 0.1) is 0 Å². The summed E-state index contributed by atoms with van der Waals surface area (Å²) < 4.78 is 0. The molecule has 0 saturated heterocycles. The number of carbonyl (C=O) groups excluding carboxylic acids is 1. The van der Waals surface area contributed by atoms with Crippen LogP contribution < -0.4 is 5.32 Å². The Labute approximate surface area is 107 Å². The van der Waals surface area contributed by atoms with E-state index in [0.29, 0.717) is 5.92 Å². The predicted molar refractivity (Wildman–Crippen MR) is 69.7 cm³/mol. The largest absolute Gasteiger partial charge is 0.350 e. The van der Waals surface area contributed by atoms with Crippen LogP contribution in [0.3, 0.4) is 0 Å². The first kappa shape index (κ1) is 12.4. The number of alkyl halides is 1. The molecule has 0 unspecified atom stereocenters. The first-order valence-corrected chi connectivity index (χ1v) is 7.73. The second-order valence-corrected chi connectivity index (χ2v) is 6.08. The molecule has 0 atom stereocenters. The molecule has 0 bridgehead atoms. The third-order valence-electron chi connectivity index (χ3n) is 4.17. The van der Waals surface area contributed by atoms with Gasteiger partial charge in [0.2, 0.25) is 5.91 Å². The van der Waals surface area contributed by atoms with E-state index in [1.165, 1.54) is 38.5 Å². The van der Waals surface area contributed by atoms with Crippen molar-refractivity contribution in [3.63, 3.8) is 0 Å². The van der Waals surface area contributed by atoms with E-state index in [0.717, 1.165) is 24.6 Å². The summed E-state index contributed by atoms with van der Waals surface area (Å²) in [6.07, 6.45) is 10.7. The van der Waals surface area contributed by atoms with Crippen LogP contribution >= 0.6 is 15.9 Å². The van der Waals surface area contributed by atoms with Gasteiger partial charge in [-0.2, -0.15) is 0 Å². The molecule has 2 aliphatic rings. The Morgan fingerprint density at radius 3 is 2.38 bits per heavy atom. The number of hydrogen-bond acceptors (Lipinski definition) is 1. The highest BCUT2D eigenvalue weighted by Gasteiger charge is 2.33. The third-order valence-corrected chi connectivity index (χ3v) is 5.24. The number of nitrogens with one attached hydrogen (secondary N) is 1. The molecule has 0 aromatic carbocycles. The first-order valence-electron chi connectivity index (χ1n) is 6.61. The van der Waals surface area contributed by atoms with Gasteiger partial charge >= 0.3 is 0 Å². The molecule has 2 aliphatic carbocycles. The van der Waals surface area contributed by atoms with Crippen LogP contribution in [0.2, 0.25) is 0 Å². The van der Waals surface area contributed by atoms with Gasteiger partial charge in [-0.25, -0.2) is 0 Å². The predicted octanol–water partition coefficient (Wildman–Crippen LogP) is 3.39. The lowest BCUT2D eigenvalue weighted by molar-refractivity contribution is -0.124. The van der Waals surface area contributed by atoms with E-state index in [4.69, 9.17) is 0 Å². The molecule has 0 heterocycles. The van der Waals surface area contributed by atoms with Gasteiger partial charge in [0.1, 0.15) is 0 Å². The second-order valence-electron chi connectivity index (χ2n) is 5.52. The number of halogens is 1. The molecule has 1 N–H and O–H groups in total. The summed E-state index contributed by atoms with van der Waals surface area (Å²) >= 11 is 3.58. The number of rotatable bonds is 4. The van der Waals surface area contributed by atoms with Gasteiger partial charge in [-0.15, -0.1) is 0 Å². The van der Waals surface area contributed by atoms with Gasteiger partial charge in [0.25, 0.3) is 0 Å². The maximum atomic E-state index is 11.9. The van der Waals surface area contributed by atoms with E-state index in [1.54, 1.807) is 0 Å². The van der Waals surface area contributed by atoms with Crippen molar-refractivity contribution in [2.75, 3.05) is 5.33 Å². The van der Waals surface area contributed by atoms with Gasteiger partial charge in [-0.05, 0) is 31.6 Å². The van der Waals surface area contributed by atoms with E-state index in [2.05, 4.69) is 21.2 Å². The van der Waals surface area contributed by atoms with Crippen molar-refractivity contribution in [1.82, 2.24) is 5.32 Å². The quantitative estimate of drug-likeness (QED) is 0.789. The lowest BCUT2D eigenvalue weighted by Crippen LogP contribution is -2.51. The van der Waals surface area contributed by atoms with Crippen LogP contribution in [0.15, 0.2) is 0 Å².